The fourth-order valence-electron chi connectivity index (χ4n) is 2.89. The zero-order chi connectivity index (χ0) is 19.6. The van der Waals surface area contributed by atoms with Crippen LogP contribution >= 0.6 is 0 Å². The number of benzene rings is 2. The first-order valence-electron chi connectivity index (χ1n) is 8.07. The third kappa shape index (κ3) is 3.92. The van der Waals surface area contributed by atoms with E-state index in [9.17, 15) is 22.8 Å². The Balaban J connectivity index is 1.72. The molecule has 1 atom stereocenters. The lowest BCUT2D eigenvalue weighted by molar-refractivity contribution is -0.137. The maximum atomic E-state index is 12.7. The molecule has 2 amide bonds. The van der Waals surface area contributed by atoms with Crippen LogP contribution in [-0.2, 0) is 15.8 Å². The molecule has 0 radical (unpaired) electrons. The van der Waals surface area contributed by atoms with Gasteiger partial charge in [0.15, 0.2) is 0 Å². The van der Waals surface area contributed by atoms with Gasteiger partial charge < -0.3 is 10.2 Å². The maximum Gasteiger partial charge on any atom is 0.416 e. The topological polar surface area (TPSA) is 73.2 Å². The highest BCUT2D eigenvalue weighted by molar-refractivity contribution is 6.03. The minimum atomic E-state index is -4.45. The predicted octanol–water partition coefficient (Wildman–Crippen LogP) is 3.57. The van der Waals surface area contributed by atoms with Gasteiger partial charge in [-0.15, -0.1) is 0 Å². The van der Waals surface area contributed by atoms with Crippen molar-refractivity contribution in [1.82, 2.24) is 0 Å². The van der Waals surface area contributed by atoms with E-state index in [-0.39, 0.29) is 18.9 Å². The number of halogens is 3. The van der Waals surface area contributed by atoms with Crippen molar-refractivity contribution in [2.24, 2.45) is 5.92 Å². The van der Waals surface area contributed by atoms with E-state index in [1.165, 1.54) is 17.0 Å². The van der Waals surface area contributed by atoms with E-state index in [0.717, 1.165) is 12.1 Å². The van der Waals surface area contributed by atoms with E-state index in [1.807, 2.05) is 6.07 Å². The largest absolute Gasteiger partial charge is 0.416 e. The van der Waals surface area contributed by atoms with Crippen molar-refractivity contribution in [3.8, 4) is 6.07 Å². The molecule has 5 nitrogen and oxygen atoms in total. The molecule has 8 heteroatoms. The van der Waals surface area contributed by atoms with Crippen LogP contribution in [0.3, 0.4) is 0 Å². The Morgan fingerprint density at radius 2 is 1.81 bits per heavy atom. The maximum absolute atomic E-state index is 12.7. The molecule has 1 aliphatic heterocycles. The molecule has 0 bridgehead atoms. The van der Waals surface area contributed by atoms with Crippen molar-refractivity contribution in [1.29, 1.82) is 5.26 Å². The number of hydrogen-bond donors (Lipinski definition) is 1. The molecule has 3 rings (SSSR count). The van der Waals surface area contributed by atoms with Crippen LogP contribution in [0.4, 0.5) is 24.5 Å². The number of carbonyl (C=O) groups is 2. The first kappa shape index (κ1) is 18.5. The summed E-state index contributed by atoms with van der Waals surface area (Å²) >= 11 is 0. The molecule has 27 heavy (non-hydrogen) atoms. The number of hydrogen-bond acceptors (Lipinski definition) is 3. The van der Waals surface area contributed by atoms with E-state index >= 15 is 0 Å². The van der Waals surface area contributed by atoms with Crippen molar-refractivity contribution < 1.29 is 22.8 Å². The summed E-state index contributed by atoms with van der Waals surface area (Å²) in [6, 6.07) is 12.7. The monoisotopic (exact) mass is 373 g/mol. The van der Waals surface area contributed by atoms with Crippen molar-refractivity contribution in [3.63, 3.8) is 0 Å². The Morgan fingerprint density at radius 1 is 1.15 bits per heavy atom. The van der Waals surface area contributed by atoms with Gasteiger partial charge in [0, 0.05) is 18.7 Å². The van der Waals surface area contributed by atoms with Crippen molar-refractivity contribution in [3.05, 3.63) is 59.7 Å². The van der Waals surface area contributed by atoms with Crippen molar-refractivity contribution in [2.45, 2.75) is 12.6 Å². The first-order chi connectivity index (χ1) is 12.8. The number of nitriles is 1. The Morgan fingerprint density at radius 3 is 2.44 bits per heavy atom. The van der Waals surface area contributed by atoms with E-state index in [0.29, 0.717) is 16.9 Å². The average Bonchev–Trinajstić information content (AvgIpc) is 3.03. The molecule has 0 aliphatic carbocycles. The number of nitrogens with one attached hydrogen (secondary N) is 1. The van der Waals surface area contributed by atoms with Gasteiger partial charge in [-0.2, -0.15) is 18.4 Å². The fourth-order valence-corrected chi connectivity index (χ4v) is 2.89. The molecular weight excluding hydrogens is 359 g/mol. The van der Waals surface area contributed by atoms with E-state index in [4.69, 9.17) is 5.26 Å². The third-order valence-corrected chi connectivity index (χ3v) is 4.31. The molecule has 1 N–H and O–H groups in total. The Hall–Kier alpha value is -3.34. The third-order valence-electron chi connectivity index (χ3n) is 4.31. The van der Waals surface area contributed by atoms with Gasteiger partial charge in [-0.3, -0.25) is 9.59 Å². The van der Waals surface area contributed by atoms with Crippen LogP contribution in [0.15, 0.2) is 48.5 Å². The van der Waals surface area contributed by atoms with Gasteiger partial charge in [-0.05, 0) is 36.4 Å². The Bertz CT molecular complexity index is 917. The highest BCUT2D eigenvalue weighted by Crippen LogP contribution is 2.32. The summed E-state index contributed by atoms with van der Waals surface area (Å²) in [5.41, 5.74) is 0.154. The van der Waals surface area contributed by atoms with Gasteiger partial charge >= 0.3 is 6.18 Å². The predicted molar refractivity (Wildman–Crippen MR) is 91.7 cm³/mol. The SMILES string of the molecule is N#Cc1ccccc1NC(=O)C1CC(=O)N(c2ccc(C(F)(F)F)cc2)C1. The zero-order valence-corrected chi connectivity index (χ0v) is 14.0. The smallest absolute Gasteiger partial charge is 0.325 e. The summed E-state index contributed by atoms with van der Waals surface area (Å²) in [7, 11) is 0. The Kier molecular flexibility index (Phi) is 4.86. The van der Waals surface area contributed by atoms with Gasteiger partial charge in [0.1, 0.15) is 6.07 Å². The number of rotatable bonds is 3. The molecule has 1 unspecified atom stereocenters. The van der Waals surface area contributed by atoms with Crippen LogP contribution in [0.1, 0.15) is 17.5 Å². The van der Waals surface area contributed by atoms with Gasteiger partial charge in [-0.1, -0.05) is 12.1 Å². The molecular formula is C19H14F3N3O2. The molecule has 138 valence electrons. The van der Waals surface area contributed by atoms with Crippen LogP contribution in [-0.4, -0.2) is 18.4 Å². The summed E-state index contributed by atoms with van der Waals surface area (Å²) in [6.07, 6.45) is -4.51. The normalized spacial score (nSPS) is 16.9. The summed E-state index contributed by atoms with van der Waals surface area (Å²) in [6.45, 7) is 0.0603. The van der Waals surface area contributed by atoms with Crippen molar-refractivity contribution >= 4 is 23.2 Å². The molecule has 0 spiro atoms. The number of carbonyl (C=O) groups excluding carboxylic acids is 2. The molecule has 2 aromatic rings. The van der Waals surface area contributed by atoms with E-state index in [2.05, 4.69) is 5.32 Å². The molecule has 2 aromatic carbocycles. The number of amides is 2. The highest BCUT2D eigenvalue weighted by atomic mass is 19.4. The van der Waals surface area contributed by atoms with E-state index in [1.54, 1.807) is 24.3 Å². The quantitative estimate of drug-likeness (QED) is 0.894. The van der Waals surface area contributed by atoms with E-state index < -0.39 is 23.6 Å². The number of alkyl halides is 3. The average molecular weight is 373 g/mol. The second kappa shape index (κ2) is 7.11. The summed E-state index contributed by atoms with van der Waals surface area (Å²) in [5.74, 6) is -1.42. The van der Waals surface area contributed by atoms with Crippen LogP contribution in [0.25, 0.3) is 0 Å². The van der Waals surface area contributed by atoms with Gasteiger partial charge in [0.25, 0.3) is 0 Å². The highest BCUT2D eigenvalue weighted by Gasteiger charge is 2.36. The lowest BCUT2D eigenvalue weighted by Gasteiger charge is -2.17. The second-order valence-electron chi connectivity index (χ2n) is 6.10. The number of anilines is 2. The van der Waals surface area contributed by atoms with Gasteiger partial charge in [0.05, 0.1) is 22.7 Å². The van der Waals surface area contributed by atoms with Crippen LogP contribution < -0.4 is 10.2 Å². The number of nitrogens with zero attached hydrogens (tertiary/aromatic N) is 2. The van der Waals surface area contributed by atoms with Crippen LogP contribution in [0.5, 0.6) is 0 Å². The molecule has 1 saturated heterocycles. The summed E-state index contributed by atoms with van der Waals surface area (Å²) in [4.78, 5) is 26.0. The minimum Gasteiger partial charge on any atom is -0.325 e. The zero-order valence-electron chi connectivity index (χ0n) is 14.0. The molecule has 1 heterocycles. The van der Waals surface area contributed by atoms with Gasteiger partial charge in [-0.25, -0.2) is 0 Å². The van der Waals surface area contributed by atoms with Crippen LogP contribution in [0, 0.1) is 17.2 Å². The minimum absolute atomic E-state index is 0.0540. The summed E-state index contributed by atoms with van der Waals surface area (Å²) < 4.78 is 38.0. The standard InChI is InChI=1S/C19H14F3N3O2/c20-19(21,22)14-5-7-15(8-6-14)25-11-13(9-17(25)26)18(27)24-16-4-2-1-3-12(16)10-23/h1-8,13H,9,11H2,(H,24,27). The van der Waals surface area contributed by atoms with Gasteiger partial charge in [0.2, 0.25) is 11.8 Å². The van der Waals surface area contributed by atoms with Crippen LogP contribution in [0.2, 0.25) is 0 Å². The lowest BCUT2D eigenvalue weighted by atomic mass is 10.1. The van der Waals surface area contributed by atoms with Crippen molar-refractivity contribution in [2.75, 3.05) is 16.8 Å². The first-order valence-corrected chi connectivity index (χ1v) is 8.07. The molecule has 0 saturated carbocycles. The summed E-state index contributed by atoms with van der Waals surface area (Å²) in [5, 5.41) is 11.7. The lowest BCUT2D eigenvalue weighted by Crippen LogP contribution is -2.28. The number of para-hydroxylation sites is 1. The Labute approximate surface area is 153 Å². The molecule has 1 fully saturated rings. The fraction of sp³-hybridized carbons (Fsp3) is 0.211. The molecule has 1 aliphatic rings. The molecule has 0 aromatic heterocycles. The second-order valence-corrected chi connectivity index (χ2v) is 6.10.